The highest BCUT2D eigenvalue weighted by molar-refractivity contribution is 5.85. The largest absolute Gasteiger partial charge is 0.241 e. The smallest absolute Gasteiger partial charge is 0.0992 e. The van der Waals surface area contributed by atoms with Crippen molar-refractivity contribution in [1.82, 2.24) is 9.61 Å². The molecule has 0 bridgehead atoms. The van der Waals surface area contributed by atoms with Gasteiger partial charge in [-0.15, -0.1) is 12.4 Å². The number of pyridine rings is 1. The number of halogens is 1. The Morgan fingerprint density at radius 1 is 1.42 bits per heavy atom. The van der Waals surface area contributed by atoms with E-state index in [4.69, 9.17) is 5.26 Å². The lowest BCUT2D eigenvalue weighted by Gasteiger charge is -1.90. The van der Waals surface area contributed by atoms with Gasteiger partial charge in [0, 0.05) is 12.4 Å². The standard InChI is InChI=1S/C8H5N3.ClH/c9-6-7-2-4-11-8(5-7)1-3-10-11;/h1-5H;1H. The monoisotopic (exact) mass is 179 g/mol. The molecular weight excluding hydrogens is 174 g/mol. The average molecular weight is 180 g/mol. The minimum Gasteiger partial charge on any atom is -0.241 e. The molecule has 0 aliphatic carbocycles. The van der Waals surface area contributed by atoms with Gasteiger partial charge in [-0.25, -0.2) is 4.52 Å². The molecule has 0 saturated carbocycles. The van der Waals surface area contributed by atoms with Gasteiger partial charge in [0.15, 0.2) is 0 Å². The van der Waals surface area contributed by atoms with E-state index in [2.05, 4.69) is 11.2 Å². The van der Waals surface area contributed by atoms with E-state index in [9.17, 15) is 0 Å². The van der Waals surface area contributed by atoms with E-state index in [-0.39, 0.29) is 12.4 Å². The van der Waals surface area contributed by atoms with Crippen LogP contribution in [0, 0.1) is 11.3 Å². The molecular formula is C8H6ClN3. The number of rotatable bonds is 0. The third-order valence-corrected chi connectivity index (χ3v) is 1.53. The minimum absolute atomic E-state index is 0. The van der Waals surface area contributed by atoms with Crippen LogP contribution in [0.4, 0.5) is 0 Å². The summed E-state index contributed by atoms with van der Waals surface area (Å²) in [6.07, 6.45) is 3.48. The molecule has 0 spiro atoms. The topological polar surface area (TPSA) is 41.1 Å². The molecule has 0 aliphatic heterocycles. The number of aromatic nitrogens is 2. The van der Waals surface area contributed by atoms with Crippen molar-refractivity contribution in [3.8, 4) is 6.07 Å². The molecule has 3 nitrogen and oxygen atoms in total. The summed E-state index contributed by atoms with van der Waals surface area (Å²) in [5, 5.41) is 12.6. The zero-order valence-electron chi connectivity index (χ0n) is 6.14. The Morgan fingerprint density at radius 2 is 2.25 bits per heavy atom. The molecule has 60 valence electrons. The van der Waals surface area contributed by atoms with Gasteiger partial charge in [0.2, 0.25) is 0 Å². The van der Waals surface area contributed by atoms with E-state index in [1.54, 1.807) is 29.0 Å². The Morgan fingerprint density at radius 3 is 3.00 bits per heavy atom. The normalized spacial score (nSPS) is 8.92. The number of hydrogen-bond donors (Lipinski definition) is 0. The Labute approximate surface area is 75.6 Å². The maximum atomic E-state index is 8.55. The third kappa shape index (κ3) is 1.25. The summed E-state index contributed by atoms with van der Waals surface area (Å²) in [5.41, 5.74) is 1.61. The van der Waals surface area contributed by atoms with Gasteiger partial charge in [-0.2, -0.15) is 10.4 Å². The number of nitriles is 1. The molecule has 0 unspecified atom stereocenters. The van der Waals surface area contributed by atoms with Crippen LogP contribution in [0.5, 0.6) is 0 Å². The van der Waals surface area contributed by atoms with Gasteiger partial charge < -0.3 is 0 Å². The van der Waals surface area contributed by atoms with Crippen molar-refractivity contribution in [1.29, 1.82) is 5.26 Å². The van der Waals surface area contributed by atoms with Gasteiger partial charge in [-0.05, 0) is 18.2 Å². The van der Waals surface area contributed by atoms with Crippen molar-refractivity contribution in [2.24, 2.45) is 0 Å². The second-order valence-corrected chi connectivity index (χ2v) is 2.23. The summed E-state index contributed by atoms with van der Waals surface area (Å²) < 4.78 is 1.72. The number of nitrogens with zero attached hydrogens (tertiary/aromatic N) is 3. The predicted octanol–water partition coefficient (Wildman–Crippen LogP) is 1.63. The molecule has 2 heterocycles. The van der Waals surface area contributed by atoms with Gasteiger partial charge >= 0.3 is 0 Å². The molecule has 0 fully saturated rings. The van der Waals surface area contributed by atoms with E-state index < -0.39 is 0 Å². The molecule has 2 aromatic rings. The molecule has 0 amide bonds. The van der Waals surface area contributed by atoms with Crippen LogP contribution in [0.25, 0.3) is 5.52 Å². The van der Waals surface area contributed by atoms with Crippen molar-refractivity contribution in [3.05, 3.63) is 36.2 Å². The number of hydrogen-bond acceptors (Lipinski definition) is 2. The lowest BCUT2D eigenvalue weighted by Crippen LogP contribution is -1.85. The minimum atomic E-state index is 0. The van der Waals surface area contributed by atoms with Crippen LogP contribution in [0.2, 0.25) is 0 Å². The van der Waals surface area contributed by atoms with Crippen LogP contribution < -0.4 is 0 Å². The van der Waals surface area contributed by atoms with Crippen LogP contribution >= 0.6 is 12.4 Å². The van der Waals surface area contributed by atoms with Gasteiger partial charge in [0.1, 0.15) is 0 Å². The SMILES string of the molecule is Cl.N#Cc1ccn2nccc2c1. The molecule has 0 aromatic carbocycles. The summed E-state index contributed by atoms with van der Waals surface area (Å²) in [7, 11) is 0. The highest BCUT2D eigenvalue weighted by atomic mass is 35.5. The Hall–Kier alpha value is -1.53. The third-order valence-electron chi connectivity index (χ3n) is 1.53. The van der Waals surface area contributed by atoms with E-state index in [1.807, 2.05) is 6.07 Å². The molecule has 0 aliphatic rings. The summed E-state index contributed by atoms with van der Waals surface area (Å²) in [4.78, 5) is 0. The van der Waals surface area contributed by atoms with E-state index in [0.717, 1.165) is 5.52 Å². The molecule has 0 radical (unpaired) electrons. The first-order chi connectivity index (χ1) is 5.40. The second-order valence-electron chi connectivity index (χ2n) is 2.23. The molecule has 0 saturated heterocycles. The highest BCUT2D eigenvalue weighted by Gasteiger charge is 1.93. The fourth-order valence-corrected chi connectivity index (χ4v) is 0.991. The lowest BCUT2D eigenvalue weighted by atomic mass is 10.3. The van der Waals surface area contributed by atoms with Crippen LogP contribution in [0.1, 0.15) is 5.56 Å². The van der Waals surface area contributed by atoms with Crippen molar-refractivity contribution >= 4 is 17.9 Å². The van der Waals surface area contributed by atoms with Crippen LogP contribution in [-0.4, -0.2) is 9.61 Å². The van der Waals surface area contributed by atoms with Crippen molar-refractivity contribution in [2.45, 2.75) is 0 Å². The molecule has 0 atom stereocenters. The lowest BCUT2D eigenvalue weighted by molar-refractivity contribution is 0.960. The van der Waals surface area contributed by atoms with Gasteiger partial charge in [-0.3, -0.25) is 0 Å². The molecule has 4 heteroatoms. The summed E-state index contributed by atoms with van der Waals surface area (Å²) in [6, 6.07) is 7.46. The fraction of sp³-hybridized carbons (Fsp3) is 0. The first kappa shape index (κ1) is 8.57. The second kappa shape index (κ2) is 3.24. The fourth-order valence-electron chi connectivity index (χ4n) is 0.991. The summed E-state index contributed by atoms with van der Waals surface area (Å²) >= 11 is 0. The molecule has 2 rings (SSSR count). The summed E-state index contributed by atoms with van der Waals surface area (Å²) in [6.45, 7) is 0. The van der Waals surface area contributed by atoms with Crippen molar-refractivity contribution in [2.75, 3.05) is 0 Å². The van der Waals surface area contributed by atoms with E-state index in [0.29, 0.717) is 5.56 Å². The quantitative estimate of drug-likeness (QED) is 0.617. The number of fused-ring (bicyclic) bond motifs is 1. The predicted molar refractivity (Wildman–Crippen MR) is 47.2 cm³/mol. The Kier molecular flexibility index (Phi) is 2.32. The molecule has 0 N–H and O–H groups in total. The first-order valence-corrected chi connectivity index (χ1v) is 3.23. The summed E-state index contributed by atoms with van der Waals surface area (Å²) in [5.74, 6) is 0. The van der Waals surface area contributed by atoms with Gasteiger partial charge in [0.25, 0.3) is 0 Å². The van der Waals surface area contributed by atoms with Crippen LogP contribution in [-0.2, 0) is 0 Å². The molecule has 12 heavy (non-hydrogen) atoms. The van der Waals surface area contributed by atoms with Gasteiger partial charge in [-0.1, -0.05) is 0 Å². The first-order valence-electron chi connectivity index (χ1n) is 3.23. The van der Waals surface area contributed by atoms with Crippen LogP contribution in [0.3, 0.4) is 0 Å². The average Bonchev–Trinajstić information content (AvgIpc) is 2.50. The molecule has 2 aromatic heterocycles. The van der Waals surface area contributed by atoms with Gasteiger partial charge in [0.05, 0.1) is 17.1 Å². The zero-order valence-corrected chi connectivity index (χ0v) is 6.95. The highest BCUT2D eigenvalue weighted by Crippen LogP contribution is 2.04. The zero-order chi connectivity index (χ0) is 7.68. The maximum absolute atomic E-state index is 8.55. The van der Waals surface area contributed by atoms with Crippen molar-refractivity contribution < 1.29 is 0 Å². The van der Waals surface area contributed by atoms with Crippen molar-refractivity contribution in [3.63, 3.8) is 0 Å². The maximum Gasteiger partial charge on any atom is 0.0992 e. The Bertz CT molecular complexity index is 427. The van der Waals surface area contributed by atoms with E-state index >= 15 is 0 Å². The van der Waals surface area contributed by atoms with Crippen LogP contribution in [0.15, 0.2) is 30.6 Å². The Balaban J connectivity index is 0.000000720. The van der Waals surface area contributed by atoms with E-state index in [1.165, 1.54) is 0 Å².